The Balaban J connectivity index is 1.62. The fourth-order valence-electron chi connectivity index (χ4n) is 5.62. The summed E-state index contributed by atoms with van der Waals surface area (Å²) in [4.78, 5) is 55.6. The monoisotopic (exact) mass is 688 g/mol. The lowest BCUT2D eigenvalue weighted by molar-refractivity contribution is -0.145. The number of hydrogen-bond acceptors (Lipinski definition) is 7. The van der Waals surface area contributed by atoms with Crippen LogP contribution in [0.3, 0.4) is 0 Å². The molecule has 12 nitrogen and oxygen atoms in total. The van der Waals surface area contributed by atoms with Crippen LogP contribution in [0, 0.1) is 13.8 Å². The van der Waals surface area contributed by atoms with Crippen molar-refractivity contribution in [2.75, 3.05) is 6.54 Å². The van der Waals surface area contributed by atoms with Gasteiger partial charge in [-0.1, -0.05) is 40.9 Å². The number of hydrogen-bond donors (Lipinski definition) is 3. The minimum absolute atomic E-state index is 0.116. The van der Waals surface area contributed by atoms with E-state index in [0.717, 1.165) is 40.4 Å². The van der Waals surface area contributed by atoms with E-state index in [1.807, 2.05) is 32.9 Å². The van der Waals surface area contributed by atoms with Crippen molar-refractivity contribution in [3.05, 3.63) is 33.8 Å². The number of nitrogens with zero attached hydrogens (tertiary/aromatic N) is 4. The van der Waals surface area contributed by atoms with Gasteiger partial charge in [-0.3, -0.25) is 9.59 Å². The second-order valence-corrected chi connectivity index (χ2v) is 14.0. The zero-order valence-corrected chi connectivity index (χ0v) is 28.6. The third-order valence-electron chi connectivity index (χ3n) is 8.50. The van der Waals surface area contributed by atoms with Gasteiger partial charge in [-0.05, 0) is 90.8 Å². The molecule has 2 aliphatic rings. The van der Waals surface area contributed by atoms with Crippen LogP contribution in [-0.4, -0.2) is 78.6 Å². The summed E-state index contributed by atoms with van der Waals surface area (Å²) >= 11 is 3.58. The smallest absolute Gasteiger partial charge is 0.408 e. The summed E-state index contributed by atoms with van der Waals surface area (Å²) in [5.41, 5.74) is 1.34. The number of carbonyl (C=O) groups is 4. The second-order valence-electron chi connectivity index (χ2n) is 13.2. The van der Waals surface area contributed by atoms with E-state index >= 15 is 0 Å². The Morgan fingerprint density at radius 1 is 1.16 bits per heavy atom. The van der Waals surface area contributed by atoms with Crippen molar-refractivity contribution >= 4 is 50.8 Å². The molecule has 0 bridgehead atoms. The van der Waals surface area contributed by atoms with Gasteiger partial charge < -0.3 is 25.4 Å². The third kappa shape index (κ3) is 8.22. The van der Waals surface area contributed by atoms with Crippen LogP contribution >= 0.6 is 15.9 Å². The maximum atomic E-state index is 14.2. The molecule has 0 spiro atoms. The van der Waals surface area contributed by atoms with Crippen molar-refractivity contribution in [2.24, 2.45) is 0 Å². The molecule has 1 aromatic carbocycles. The average Bonchev–Trinajstić information content (AvgIpc) is 3.41. The standard InChI is InChI=1S/C32H45BrN6O6/c1-7-8-9-10-11-12-13-23(34-30(44)45-31(4,5)6)28(41)38-18-21(16-25(38)27(40)35-32(14-15-32)29(42)43)39-36-24-17-22(33)19(2)20(3)26(24)37-39/h7-8,17,21,23,25H,9-16,18H2,1-6H3,(H,34,44)(H,35,40)(H,42,43)/t21-,23+,25-/m0/s1. The minimum Gasteiger partial charge on any atom is -0.480 e. The molecule has 13 heteroatoms. The number of ether oxygens (including phenoxy) is 1. The lowest BCUT2D eigenvalue weighted by atomic mass is 10.0. The van der Waals surface area contributed by atoms with Crippen molar-refractivity contribution in [1.82, 2.24) is 30.5 Å². The molecule has 2 fully saturated rings. The molecule has 246 valence electrons. The van der Waals surface area contributed by atoms with Gasteiger partial charge >= 0.3 is 12.1 Å². The predicted molar refractivity (Wildman–Crippen MR) is 173 cm³/mol. The molecular weight excluding hydrogens is 644 g/mol. The molecule has 3 amide bonds. The quantitative estimate of drug-likeness (QED) is 0.205. The van der Waals surface area contributed by atoms with Gasteiger partial charge in [0.15, 0.2) is 0 Å². The first-order chi connectivity index (χ1) is 21.2. The predicted octanol–water partition coefficient (Wildman–Crippen LogP) is 5.11. The molecule has 0 radical (unpaired) electrons. The number of alkyl carbamates (subject to hydrolysis) is 1. The molecule has 1 saturated carbocycles. The van der Waals surface area contributed by atoms with E-state index < -0.39 is 53.1 Å². The Morgan fingerprint density at radius 3 is 2.49 bits per heavy atom. The summed E-state index contributed by atoms with van der Waals surface area (Å²) < 4.78 is 6.37. The van der Waals surface area contributed by atoms with E-state index in [4.69, 9.17) is 14.9 Å². The largest absolute Gasteiger partial charge is 0.480 e. The number of halogens is 1. The van der Waals surface area contributed by atoms with Crippen LogP contribution < -0.4 is 10.6 Å². The first-order valence-corrected chi connectivity index (χ1v) is 16.4. The number of carboxylic acid groups (broad SMARTS) is 1. The first kappa shape index (κ1) is 34.4. The highest BCUT2D eigenvalue weighted by molar-refractivity contribution is 9.10. The normalized spacial score (nSPS) is 19.9. The maximum Gasteiger partial charge on any atom is 0.408 e. The third-order valence-corrected chi connectivity index (χ3v) is 9.32. The van der Waals surface area contributed by atoms with Gasteiger partial charge in [0.2, 0.25) is 11.8 Å². The number of rotatable bonds is 12. The Morgan fingerprint density at radius 2 is 1.87 bits per heavy atom. The highest BCUT2D eigenvalue weighted by Crippen LogP contribution is 2.37. The summed E-state index contributed by atoms with van der Waals surface area (Å²) in [7, 11) is 0. The zero-order valence-electron chi connectivity index (χ0n) is 27.0. The molecule has 1 aliphatic heterocycles. The number of unbranched alkanes of at least 4 members (excludes halogenated alkanes) is 3. The van der Waals surface area contributed by atoms with Crippen molar-refractivity contribution in [2.45, 2.75) is 122 Å². The van der Waals surface area contributed by atoms with Crippen LogP contribution in [-0.2, 0) is 19.1 Å². The zero-order chi connectivity index (χ0) is 33.1. The number of nitrogens with one attached hydrogen (secondary N) is 2. The number of benzene rings is 1. The van der Waals surface area contributed by atoms with Crippen molar-refractivity contribution in [3.63, 3.8) is 0 Å². The van der Waals surface area contributed by atoms with Gasteiger partial charge in [0.05, 0.1) is 6.04 Å². The number of aromatic nitrogens is 3. The van der Waals surface area contributed by atoms with Gasteiger partial charge in [0.1, 0.15) is 34.3 Å². The van der Waals surface area contributed by atoms with Gasteiger partial charge in [0.25, 0.3) is 0 Å². The van der Waals surface area contributed by atoms with E-state index in [2.05, 4.69) is 32.6 Å². The van der Waals surface area contributed by atoms with Crippen molar-refractivity contribution in [3.8, 4) is 0 Å². The highest BCUT2D eigenvalue weighted by atomic mass is 79.9. The van der Waals surface area contributed by atoms with Crippen LogP contribution in [0.25, 0.3) is 11.0 Å². The molecule has 2 aromatic rings. The molecule has 1 saturated heterocycles. The average molecular weight is 690 g/mol. The van der Waals surface area contributed by atoms with Crippen molar-refractivity contribution in [1.29, 1.82) is 0 Å². The number of carboxylic acids is 1. The maximum absolute atomic E-state index is 14.2. The summed E-state index contributed by atoms with van der Waals surface area (Å²) in [5.74, 6) is -2.06. The van der Waals surface area contributed by atoms with Gasteiger partial charge in [-0.25, -0.2) is 9.59 Å². The Labute approximate surface area is 272 Å². The summed E-state index contributed by atoms with van der Waals surface area (Å²) in [6.07, 6.45) is 7.99. The van der Waals surface area contributed by atoms with Crippen molar-refractivity contribution < 1.29 is 29.0 Å². The molecule has 3 atom stereocenters. The summed E-state index contributed by atoms with van der Waals surface area (Å²) in [6, 6.07) is -0.459. The molecule has 0 unspecified atom stereocenters. The number of likely N-dealkylation sites (tertiary alicyclic amines) is 1. The van der Waals surface area contributed by atoms with E-state index in [-0.39, 0.29) is 13.0 Å². The molecule has 45 heavy (non-hydrogen) atoms. The summed E-state index contributed by atoms with van der Waals surface area (Å²) in [6.45, 7) is 11.3. The molecular formula is C32H45BrN6O6. The number of allylic oxidation sites excluding steroid dienone is 2. The van der Waals surface area contributed by atoms with Crippen LogP contribution in [0.2, 0.25) is 0 Å². The summed E-state index contributed by atoms with van der Waals surface area (Å²) in [5, 5.41) is 24.6. The van der Waals surface area contributed by atoms with Gasteiger partial charge in [-0.15, -0.1) is 0 Å². The lowest BCUT2D eigenvalue weighted by Gasteiger charge is -2.30. The van der Waals surface area contributed by atoms with Gasteiger partial charge in [0, 0.05) is 17.4 Å². The second kappa shape index (κ2) is 13.9. The minimum atomic E-state index is -1.31. The number of amides is 3. The van der Waals surface area contributed by atoms with Crippen LogP contribution in [0.5, 0.6) is 0 Å². The number of aryl methyl sites for hydroxylation is 1. The van der Waals surface area contributed by atoms with Crippen LogP contribution in [0.15, 0.2) is 22.7 Å². The molecule has 1 aliphatic carbocycles. The lowest BCUT2D eigenvalue weighted by Crippen LogP contribution is -2.56. The van der Waals surface area contributed by atoms with E-state index in [9.17, 15) is 24.3 Å². The fourth-order valence-corrected chi connectivity index (χ4v) is 6.13. The fraction of sp³-hybridized carbons (Fsp3) is 0.625. The topological polar surface area (TPSA) is 156 Å². The number of aliphatic carboxylic acids is 1. The molecule has 3 N–H and O–H groups in total. The Kier molecular flexibility index (Phi) is 10.6. The number of carbonyl (C=O) groups excluding carboxylic acids is 3. The Hall–Kier alpha value is -3.48. The van der Waals surface area contributed by atoms with Crippen LogP contribution in [0.4, 0.5) is 4.79 Å². The van der Waals surface area contributed by atoms with Crippen LogP contribution in [0.1, 0.15) is 96.2 Å². The van der Waals surface area contributed by atoms with E-state index in [1.54, 1.807) is 25.6 Å². The first-order valence-electron chi connectivity index (χ1n) is 15.6. The Bertz CT molecular complexity index is 1480. The molecule has 1 aromatic heterocycles. The van der Waals surface area contributed by atoms with E-state index in [1.165, 1.54) is 4.90 Å². The van der Waals surface area contributed by atoms with Gasteiger partial charge in [-0.2, -0.15) is 15.0 Å². The number of fused-ring (bicyclic) bond motifs is 1. The van der Waals surface area contributed by atoms with E-state index in [0.29, 0.717) is 31.2 Å². The SMILES string of the molecule is CC=CCCCCC[C@@H](NC(=O)OC(C)(C)C)C(=O)N1C[C@@H](n2nc3cc(Br)c(C)c(C)c3n2)C[C@H]1C(=O)NC1(C(=O)O)CC1. The highest BCUT2D eigenvalue weighted by Gasteiger charge is 2.54. The molecule has 2 heterocycles. The molecule has 4 rings (SSSR count).